The molecule has 8 heteroatoms. The van der Waals surface area contributed by atoms with Crippen LogP contribution in [-0.2, 0) is 28.5 Å². The highest BCUT2D eigenvalue weighted by Gasteiger charge is 2.33. The highest BCUT2D eigenvalue weighted by atomic mass is 16.6. The fourth-order valence-corrected chi connectivity index (χ4v) is 2.62. The molecular formula is C20H39NO7. The van der Waals surface area contributed by atoms with Crippen LogP contribution in [0, 0.1) is 5.41 Å². The van der Waals surface area contributed by atoms with Gasteiger partial charge in [0, 0.05) is 18.4 Å². The summed E-state index contributed by atoms with van der Waals surface area (Å²) in [5, 5.41) is 12.7. The van der Waals surface area contributed by atoms with Gasteiger partial charge in [-0.15, -0.1) is 0 Å². The number of carbonyl (C=O) groups excluding carboxylic acids is 2. The minimum absolute atomic E-state index is 0.100. The summed E-state index contributed by atoms with van der Waals surface area (Å²) < 4.78 is 21.4. The molecule has 166 valence electrons. The van der Waals surface area contributed by atoms with E-state index in [1.54, 1.807) is 13.8 Å². The highest BCUT2D eigenvalue weighted by molar-refractivity contribution is 5.81. The molecule has 0 aliphatic rings. The van der Waals surface area contributed by atoms with E-state index in [1.807, 2.05) is 13.8 Å². The summed E-state index contributed by atoms with van der Waals surface area (Å²) >= 11 is 0. The fraction of sp³-hybridized carbons (Fsp3) is 0.900. The van der Waals surface area contributed by atoms with Gasteiger partial charge in [-0.3, -0.25) is 9.59 Å². The van der Waals surface area contributed by atoms with E-state index in [9.17, 15) is 14.7 Å². The second-order valence-corrected chi connectivity index (χ2v) is 8.03. The Morgan fingerprint density at radius 1 is 0.786 bits per heavy atom. The molecule has 1 amide bonds. The van der Waals surface area contributed by atoms with Gasteiger partial charge in [0.25, 0.3) is 0 Å². The largest absolute Gasteiger partial charge is 0.390 e. The smallest absolute Gasteiger partial charge is 0.225 e. The molecule has 0 spiro atoms. The van der Waals surface area contributed by atoms with Gasteiger partial charge in [-0.1, -0.05) is 13.8 Å². The lowest BCUT2D eigenvalue weighted by atomic mass is 9.81. The summed E-state index contributed by atoms with van der Waals surface area (Å²) in [5.74, 6) is 0.0189. The van der Waals surface area contributed by atoms with Gasteiger partial charge in [0.15, 0.2) is 0 Å². The standard InChI is InChI=1S/C20H39NO7/c1-17(22)6-8-25-10-12-27-14-15-28-13-11-26-9-7-21-18(23)19(2,3)16-20(4,5)24/h24H,6-16H2,1-5H3,(H,21,23). The monoisotopic (exact) mass is 405 g/mol. The quantitative estimate of drug-likeness (QED) is 0.332. The summed E-state index contributed by atoms with van der Waals surface area (Å²) in [6.07, 6.45) is 0.818. The van der Waals surface area contributed by atoms with Crippen molar-refractivity contribution in [1.82, 2.24) is 5.32 Å². The number of rotatable bonds is 18. The molecule has 0 heterocycles. The molecule has 0 rings (SSSR count). The summed E-state index contributed by atoms with van der Waals surface area (Å²) in [7, 11) is 0. The Kier molecular flexibility index (Phi) is 14.3. The normalized spacial score (nSPS) is 12.2. The van der Waals surface area contributed by atoms with E-state index in [0.717, 1.165) is 0 Å². The summed E-state index contributed by atoms with van der Waals surface area (Å²) in [4.78, 5) is 22.9. The number of nitrogens with one attached hydrogen (secondary N) is 1. The lowest BCUT2D eigenvalue weighted by Gasteiger charge is -2.30. The minimum Gasteiger partial charge on any atom is -0.390 e. The van der Waals surface area contributed by atoms with E-state index in [-0.39, 0.29) is 11.7 Å². The lowest BCUT2D eigenvalue weighted by molar-refractivity contribution is -0.132. The first-order chi connectivity index (χ1) is 13.0. The molecule has 0 radical (unpaired) electrons. The second kappa shape index (κ2) is 14.9. The van der Waals surface area contributed by atoms with Crippen molar-refractivity contribution in [2.75, 3.05) is 59.4 Å². The molecule has 0 aliphatic heterocycles. The molecule has 0 atom stereocenters. The van der Waals surface area contributed by atoms with Crippen molar-refractivity contribution in [2.45, 2.75) is 53.1 Å². The zero-order valence-corrected chi connectivity index (χ0v) is 18.2. The van der Waals surface area contributed by atoms with Gasteiger partial charge < -0.3 is 29.4 Å². The number of amides is 1. The van der Waals surface area contributed by atoms with Crippen molar-refractivity contribution in [1.29, 1.82) is 0 Å². The van der Waals surface area contributed by atoms with Crippen LogP contribution in [0.2, 0.25) is 0 Å². The van der Waals surface area contributed by atoms with Crippen molar-refractivity contribution in [3.63, 3.8) is 0 Å². The molecule has 0 aromatic heterocycles. The summed E-state index contributed by atoms with van der Waals surface area (Å²) in [6.45, 7) is 12.6. The molecule has 8 nitrogen and oxygen atoms in total. The van der Waals surface area contributed by atoms with E-state index in [0.29, 0.717) is 72.2 Å². The molecule has 0 aliphatic carbocycles. The molecule has 28 heavy (non-hydrogen) atoms. The van der Waals surface area contributed by atoms with Crippen LogP contribution < -0.4 is 5.32 Å². The molecule has 0 unspecified atom stereocenters. The topological polar surface area (TPSA) is 103 Å². The average molecular weight is 406 g/mol. The number of ether oxygens (including phenoxy) is 4. The third-order valence-electron chi connectivity index (χ3n) is 3.74. The van der Waals surface area contributed by atoms with Gasteiger partial charge in [-0.05, 0) is 27.2 Å². The van der Waals surface area contributed by atoms with Crippen molar-refractivity contribution in [2.24, 2.45) is 5.41 Å². The maximum atomic E-state index is 12.2. The van der Waals surface area contributed by atoms with E-state index < -0.39 is 11.0 Å². The second-order valence-electron chi connectivity index (χ2n) is 8.03. The first kappa shape index (κ1) is 26.9. The molecule has 0 saturated carbocycles. The van der Waals surface area contributed by atoms with Crippen LogP contribution in [0.25, 0.3) is 0 Å². The van der Waals surface area contributed by atoms with Crippen LogP contribution in [0.15, 0.2) is 0 Å². The van der Waals surface area contributed by atoms with Crippen molar-refractivity contribution in [3.05, 3.63) is 0 Å². The Hall–Kier alpha value is -1.06. The Labute approximate surface area is 169 Å². The van der Waals surface area contributed by atoms with E-state index in [2.05, 4.69) is 5.32 Å². The van der Waals surface area contributed by atoms with Gasteiger partial charge in [-0.2, -0.15) is 0 Å². The van der Waals surface area contributed by atoms with Crippen LogP contribution in [0.1, 0.15) is 47.5 Å². The van der Waals surface area contributed by atoms with E-state index >= 15 is 0 Å². The van der Waals surface area contributed by atoms with Crippen LogP contribution in [-0.4, -0.2) is 81.8 Å². The van der Waals surface area contributed by atoms with Gasteiger partial charge in [0.1, 0.15) is 5.78 Å². The number of hydrogen-bond acceptors (Lipinski definition) is 7. The predicted octanol–water partition coefficient (Wildman–Crippen LogP) is 1.34. The first-order valence-corrected chi connectivity index (χ1v) is 9.86. The number of Topliss-reactive ketones (excluding diaryl/α,β-unsaturated/α-hetero) is 1. The Morgan fingerprint density at radius 3 is 1.64 bits per heavy atom. The van der Waals surface area contributed by atoms with Crippen molar-refractivity contribution in [3.8, 4) is 0 Å². The third-order valence-corrected chi connectivity index (χ3v) is 3.74. The zero-order valence-electron chi connectivity index (χ0n) is 18.2. The maximum absolute atomic E-state index is 12.2. The van der Waals surface area contributed by atoms with Gasteiger partial charge in [0.2, 0.25) is 5.91 Å². The van der Waals surface area contributed by atoms with Crippen molar-refractivity contribution < 1.29 is 33.6 Å². The van der Waals surface area contributed by atoms with Crippen LogP contribution in [0.3, 0.4) is 0 Å². The maximum Gasteiger partial charge on any atom is 0.225 e. The van der Waals surface area contributed by atoms with Gasteiger partial charge in [0.05, 0.1) is 58.5 Å². The van der Waals surface area contributed by atoms with Crippen LogP contribution >= 0.6 is 0 Å². The first-order valence-electron chi connectivity index (χ1n) is 9.86. The van der Waals surface area contributed by atoms with Gasteiger partial charge >= 0.3 is 0 Å². The number of hydrogen-bond donors (Lipinski definition) is 2. The molecule has 0 fully saturated rings. The van der Waals surface area contributed by atoms with Gasteiger partial charge in [-0.25, -0.2) is 0 Å². The minimum atomic E-state index is -0.888. The SMILES string of the molecule is CC(=O)CCOCCOCCOCCOCCNC(=O)C(C)(C)CC(C)(C)O. The predicted molar refractivity (Wildman–Crippen MR) is 106 cm³/mol. The average Bonchev–Trinajstić information content (AvgIpc) is 2.55. The molecule has 0 aromatic rings. The Balaban J connectivity index is 3.42. The summed E-state index contributed by atoms with van der Waals surface area (Å²) in [5.41, 5.74) is -1.53. The molecular weight excluding hydrogens is 366 g/mol. The van der Waals surface area contributed by atoms with E-state index in [4.69, 9.17) is 18.9 Å². The molecule has 0 saturated heterocycles. The number of carbonyl (C=O) groups is 2. The Bertz CT molecular complexity index is 433. The molecule has 2 N–H and O–H groups in total. The molecule has 0 aromatic carbocycles. The highest BCUT2D eigenvalue weighted by Crippen LogP contribution is 2.27. The zero-order chi connectivity index (χ0) is 21.5. The number of ketones is 1. The lowest BCUT2D eigenvalue weighted by Crippen LogP contribution is -2.42. The number of aliphatic hydroxyl groups is 1. The summed E-state index contributed by atoms with van der Waals surface area (Å²) in [6, 6.07) is 0. The van der Waals surface area contributed by atoms with Crippen LogP contribution in [0.4, 0.5) is 0 Å². The third kappa shape index (κ3) is 17.1. The van der Waals surface area contributed by atoms with Crippen molar-refractivity contribution >= 4 is 11.7 Å². The van der Waals surface area contributed by atoms with E-state index in [1.165, 1.54) is 6.92 Å². The Morgan fingerprint density at radius 2 is 1.21 bits per heavy atom. The molecule has 0 bridgehead atoms. The fourth-order valence-electron chi connectivity index (χ4n) is 2.62. The van der Waals surface area contributed by atoms with Crippen LogP contribution in [0.5, 0.6) is 0 Å².